The van der Waals surface area contributed by atoms with E-state index in [9.17, 15) is 4.79 Å². The van der Waals surface area contributed by atoms with Crippen LogP contribution in [0.1, 0.15) is 36.5 Å². The Morgan fingerprint density at radius 3 is 2.56 bits per heavy atom. The highest BCUT2D eigenvalue weighted by Crippen LogP contribution is 2.19. The SMILES string of the molecule is CC(C)c1ccc(CCNC(=O)CNc2ccc(Cl)c(C#N)c2)cc1. The number of nitrogens with one attached hydrogen (secondary N) is 2. The van der Waals surface area contributed by atoms with E-state index in [1.807, 2.05) is 6.07 Å². The fourth-order valence-corrected chi connectivity index (χ4v) is 2.54. The predicted octanol–water partition coefficient (Wildman–Crippen LogP) is 4.11. The highest BCUT2D eigenvalue weighted by Gasteiger charge is 2.04. The summed E-state index contributed by atoms with van der Waals surface area (Å²) in [5.74, 6) is 0.432. The molecule has 0 aliphatic rings. The second kappa shape index (κ2) is 9.10. The third-order valence-electron chi connectivity index (χ3n) is 3.92. The van der Waals surface area contributed by atoms with Crippen molar-refractivity contribution in [2.75, 3.05) is 18.4 Å². The van der Waals surface area contributed by atoms with Gasteiger partial charge in [-0.1, -0.05) is 49.7 Å². The molecule has 0 spiro atoms. The van der Waals surface area contributed by atoms with Gasteiger partial charge in [-0.3, -0.25) is 4.79 Å². The molecule has 0 aliphatic carbocycles. The Bertz CT molecular complexity index is 764. The highest BCUT2D eigenvalue weighted by molar-refractivity contribution is 6.31. The van der Waals surface area contributed by atoms with Gasteiger partial charge in [-0.25, -0.2) is 0 Å². The van der Waals surface area contributed by atoms with Crippen LogP contribution in [0, 0.1) is 11.3 Å². The third-order valence-corrected chi connectivity index (χ3v) is 4.25. The lowest BCUT2D eigenvalue weighted by molar-refractivity contribution is -0.119. The molecular formula is C20H22ClN3O. The van der Waals surface area contributed by atoms with E-state index < -0.39 is 0 Å². The largest absolute Gasteiger partial charge is 0.376 e. The van der Waals surface area contributed by atoms with Crippen molar-refractivity contribution in [3.8, 4) is 6.07 Å². The minimum Gasteiger partial charge on any atom is -0.376 e. The van der Waals surface area contributed by atoms with Crippen LogP contribution in [0.15, 0.2) is 42.5 Å². The van der Waals surface area contributed by atoms with E-state index in [2.05, 4.69) is 48.7 Å². The predicted molar refractivity (Wildman–Crippen MR) is 102 cm³/mol. The summed E-state index contributed by atoms with van der Waals surface area (Å²) in [6, 6.07) is 15.5. The fourth-order valence-electron chi connectivity index (χ4n) is 2.38. The molecule has 4 nitrogen and oxygen atoms in total. The maximum atomic E-state index is 11.9. The zero-order chi connectivity index (χ0) is 18.2. The van der Waals surface area contributed by atoms with E-state index >= 15 is 0 Å². The molecule has 5 heteroatoms. The molecule has 2 rings (SSSR count). The number of rotatable bonds is 7. The molecule has 0 bridgehead atoms. The molecule has 0 saturated heterocycles. The lowest BCUT2D eigenvalue weighted by atomic mass is 10.0. The van der Waals surface area contributed by atoms with Gasteiger partial charge in [-0.05, 0) is 41.7 Å². The summed E-state index contributed by atoms with van der Waals surface area (Å²) in [7, 11) is 0. The van der Waals surface area contributed by atoms with Crippen molar-refractivity contribution in [2.45, 2.75) is 26.2 Å². The van der Waals surface area contributed by atoms with E-state index in [-0.39, 0.29) is 12.5 Å². The number of benzene rings is 2. The Kier molecular flexibility index (Phi) is 6.85. The normalized spacial score (nSPS) is 10.4. The van der Waals surface area contributed by atoms with Crippen molar-refractivity contribution < 1.29 is 4.79 Å². The van der Waals surface area contributed by atoms with Gasteiger partial charge in [0, 0.05) is 12.2 Å². The maximum absolute atomic E-state index is 11.9. The van der Waals surface area contributed by atoms with Gasteiger partial charge >= 0.3 is 0 Å². The number of nitrogens with zero attached hydrogens (tertiary/aromatic N) is 1. The molecule has 0 atom stereocenters. The molecule has 2 aromatic carbocycles. The second-order valence-corrected chi connectivity index (χ2v) is 6.56. The Balaban J connectivity index is 1.75. The number of hydrogen-bond donors (Lipinski definition) is 2. The van der Waals surface area contributed by atoms with Crippen LogP contribution in [-0.4, -0.2) is 19.0 Å². The molecular weight excluding hydrogens is 334 g/mol. The van der Waals surface area contributed by atoms with Gasteiger partial charge in [-0.2, -0.15) is 5.26 Å². The molecule has 25 heavy (non-hydrogen) atoms. The minimum atomic E-state index is -0.0905. The first-order valence-corrected chi connectivity index (χ1v) is 8.66. The number of amides is 1. The van der Waals surface area contributed by atoms with Gasteiger partial charge in [0.25, 0.3) is 0 Å². The number of nitriles is 1. The van der Waals surface area contributed by atoms with E-state index in [0.29, 0.717) is 28.7 Å². The van der Waals surface area contributed by atoms with Crippen molar-refractivity contribution in [1.29, 1.82) is 5.26 Å². The van der Waals surface area contributed by atoms with Crippen molar-refractivity contribution in [1.82, 2.24) is 5.32 Å². The summed E-state index contributed by atoms with van der Waals surface area (Å²) in [4.78, 5) is 11.9. The van der Waals surface area contributed by atoms with Gasteiger partial charge in [0.05, 0.1) is 17.1 Å². The van der Waals surface area contributed by atoms with Gasteiger partial charge in [-0.15, -0.1) is 0 Å². The van der Waals surface area contributed by atoms with Crippen LogP contribution in [0.3, 0.4) is 0 Å². The number of hydrogen-bond acceptors (Lipinski definition) is 3. The van der Waals surface area contributed by atoms with Crippen LogP contribution in [0.5, 0.6) is 0 Å². The van der Waals surface area contributed by atoms with Crippen LogP contribution in [-0.2, 0) is 11.2 Å². The third kappa shape index (κ3) is 5.81. The number of anilines is 1. The molecule has 0 unspecified atom stereocenters. The van der Waals surface area contributed by atoms with Crippen molar-refractivity contribution >= 4 is 23.2 Å². The van der Waals surface area contributed by atoms with Crippen LogP contribution >= 0.6 is 11.6 Å². The Morgan fingerprint density at radius 1 is 1.20 bits per heavy atom. The lowest BCUT2D eigenvalue weighted by Gasteiger charge is -2.09. The molecule has 0 aromatic heterocycles. The fraction of sp³-hybridized carbons (Fsp3) is 0.300. The first-order chi connectivity index (χ1) is 12.0. The first kappa shape index (κ1) is 18.8. The molecule has 0 fully saturated rings. The quantitative estimate of drug-likeness (QED) is 0.785. The molecule has 2 aromatic rings. The first-order valence-electron chi connectivity index (χ1n) is 8.28. The molecule has 0 radical (unpaired) electrons. The van der Waals surface area contributed by atoms with Crippen molar-refractivity contribution in [2.24, 2.45) is 0 Å². The molecule has 0 saturated carbocycles. The zero-order valence-corrected chi connectivity index (χ0v) is 15.2. The summed E-state index contributed by atoms with van der Waals surface area (Å²) in [5.41, 5.74) is 3.60. The lowest BCUT2D eigenvalue weighted by Crippen LogP contribution is -2.31. The number of carbonyl (C=O) groups excluding carboxylic acids is 1. The van der Waals surface area contributed by atoms with E-state index in [4.69, 9.17) is 16.9 Å². The highest BCUT2D eigenvalue weighted by atomic mass is 35.5. The van der Waals surface area contributed by atoms with Gasteiger partial charge < -0.3 is 10.6 Å². The standard InChI is InChI=1S/C20H22ClN3O/c1-14(2)16-5-3-15(4-6-16)9-10-23-20(25)13-24-18-7-8-19(21)17(11-18)12-22/h3-8,11,14,24H,9-10,13H2,1-2H3,(H,23,25). The van der Waals surface area contributed by atoms with E-state index in [1.54, 1.807) is 18.2 Å². The van der Waals surface area contributed by atoms with Crippen LogP contribution in [0.25, 0.3) is 0 Å². The Hall–Kier alpha value is -2.51. The summed E-state index contributed by atoms with van der Waals surface area (Å²) in [6.07, 6.45) is 0.795. The summed E-state index contributed by atoms with van der Waals surface area (Å²) >= 11 is 5.88. The van der Waals surface area contributed by atoms with Gasteiger partial charge in [0.1, 0.15) is 6.07 Å². The van der Waals surface area contributed by atoms with Crippen LogP contribution in [0.4, 0.5) is 5.69 Å². The van der Waals surface area contributed by atoms with E-state index in [1.165, 1.54) is 11.1 Å². The summed E-state index contributed by atoms with van der Waals surface area (Å²) in [6.45, 7) is 5.08. The zero-order valence-electron chi connectivity index (χ0n) is 14.5. The molecule has 2 N–H and O–H groups in total. The topological polar surface area (TPSA) is 64.9 Å². The van der Waals surface area contributed by atoms with Gasteiger partial charge in [0.2, 0.25) is 5.91 Å². The van der Waals surface area contributed by atoms with Crippen LogP contribution in [0.2, 0.25) is 5.02 Å². The minimum absolute atomic E-state index is 0.0905. The average molecular weight is 356 g/mol. The molecule has 0 heterocycles. The number of halogens is 1. The maximum Gasteiger partial charge on any atom is 0.239 e. The van der Waals surface area contributed by atoms with Gasteiger partial charge in [0.15, 0.2) is 0 Å². The molecule has 1 amide bonds. The number of carbonyl (C=O) groups is 1. The summed E-state index contributed by atoms with van der Waals surface area (Å²) < 4.78 is 0. The average Bonchev–Trinajstić information content (AvgIpc) is 2.61. The van der Waals surface area contributed by atoms with Crippen LogP contribution < -0.4 is 10.6 Å². The second-order valence-electron chi connectivity index (χ2n) is 6.16. The monoisotopic (exact) mass is 355 g/mol. The Labute approximate surface area is 153 Å². The smallest absolute Gasteiger partial charge is 0.239 e. The Morgan fingerprint density at radius 2 is 1.92 bits per heavy atom. The van der Waals surface area contributed by atoms with Crippen molar-refractivity contribution in [3.63, 3.8) is 0 Å². The molecule has 130 valence electrons. The molecule has 0 aliphatic heterocycles. The van der Waals surface area contributed by atoms with E-state index in [0.717, 1.165) is 6.42 Å². The summed E-state index contributed by atoms with van der Waals surface area (Å²) in [5, 5.41) is 15.2. The van der Waals surface area contributed by atoms with Crippen molar-refractivity contribution in [3.05, 3.63) is 64.2 Å².